The number of ether oxygens (including phenoxy) is 3. The molecule has 0 aliphatic carbocycles. The molecule has 18 heteroatoms. The van der Waals surface area contributed by atoms with Crippen molar-refractivity contribution in [2.75, 3.05) is 52.7 Å². The van der Waals surface area contributed by atoms with Crippen molar-refractivity contribution in [1.82, 2.24) is 9.96 Å². The van der Waals surface area contributed by atoms with Crippen molar-refractivity contribution < 1.29 is 65.2 Å². The van der Waals surface area contributed by atoms with Crippen LogP contribution in [0.2, 0.25) is 0 Å². The quantitative estimate of drug-likeness (QED) is 0.115. The molecule has 3 aromatic carbocycles. The van der Waals surface area contributed by atoms with Crippen LogP contribution in [-0.4, -0.2) is 95.1 Å². The molecule has 0 radical (unpaired) electrons. The maximum Gasteiger partial charge on any atom is 0.416 e. The minimum Gasteiger partial charge on any atom is -0.492 e. The molecule has 1 amide bonds. The van der Waals surface area contributed by atoms with Gasteiger partial charge in [0.1, 0.15) is 37.4 Å². The lowest BCUT2D eigenvalue weighted by atomic mass is 9.97. The van der Waals surface area contributed by atoms with Crippen molar-refractivity contribution in [2.24, 2.45) is 0 Å². The monoisotopic (exact) mass is 772 g/mol. The van der Waals surface area contributed by atoms with Gasteiger partial charge >= 0.3 is 18.3 Å². The Morgan fingerprint density at radius 2 is 1.58 bits per heavy atom. The van der Waals surface area contributed by atoms with Gasteiger partial charge in [-0.1, -0.05) is 17.8 Å². The molecule has 2 fully saturated rings. The fourth-order valence-electron chi connectivity index (χ4n) is 5.00. The maximum atomic E-state index is 13.6. The van der Waals surface area contributed by atoms with Crippen LogP contribution in [0, 0.1) is 0 Å². The van der Waals surface area contributed by atoms with E-state index in [4.69, 9.17) is 36.4 Å². The van der Waals surface area contributed by atoms with Crippen LogP contribution in [0.1, 0.15) is 27.0 Å². The van der Waals surface area contributed by atoms with Gasteiger partial charge in [-0.2, -0.15) is 31.4 Å². The van der Waals surface area contributed by atoms with Crippen LogP contribution in [-0.2, 0) is 26.7 Å². The Labute approximate surface area is 302 Å². The first-order chi connectivity index (χ1) is 24.6. The Kier molecular flexibility index (Phi) is 12.5. The molecule has 0 unspecified atom stereocenters. The number of carboxylic acids is 1. The predicted molar refractivity (Wildman–Crippen MR) is 181 cm³/mol. The third-order valence-corrected chi connectivity index (χ3v) is 8.95. The number of carbonyl (C=O) groups excluding carboxylic acids is 1. The van der Waals surface area contributed by atoms with Gasteiger partial charge in [0, 0.05) is 25.2 Å². The fraction of sp³-hybridized carbons (Fsp3) is 0.324. The van der Waals surface area contributed by atoms with Crippen molar-refractivity contribution in [3.63, 3.8) is 0 Å². The zero-order valence-electron chi connectivity index (χ0n) is 26.9. The topological polar surface area (TPSA) is 118 Å². The van der Waals surface area contributed by atoms with Crippen molar-refractivity contribution >= 4 is 46.3 Å². The Balaban J connectivity index is 1.35. The van der Waals surface area contributed by atoms with Crippen molar-refractivity contribution in [3.05, 3.63) is 87.8 Å². The van der Waals surface area contributed by atoms with Gasteiger partial charge in [-0.25, -0.2) is 4.79 Å². The summed E-state index contributed by atoms with van der Waals surface area (Å²) < 4.78 is 98.5. The number of hydroxylamine groups is 2. The molecule has 5 rings (SSSR count). The lowest BCUT2D eigenvalue weighted by Gasteiger charge is -2.26. The van der Waals surface area contributed by atoms with E-state index < -0.39 is 48.1 Å². The molecular weight excluding hydrogens is 743 g/mol. The molecule has 0 spiro atoms. The van der Waals surface area contributed by atoms with Gasteiger partial charge in [0.25, 0.3) is 5.91 Å². The summed E-state index contributed by atoms with van der Waals surface area (Å²) in [7, 11) is 0. The maximum absolute atomic E-state index is 13.6. The number of nitrogens with zero attached hydrogens (tertiary/aromatic N) is 2. The normalized spacial score (nSPS) is 17.1. The number of benzene rings is 3. The highest BCUT2D eigenvalue weighted by Gasteiger charge is 2.37. The summed E-state index contributed by atoms with van der Waals surface area (Å²) in [5.74, 6) is -1.37. The molecule has 2 aliphatic heterocycles. The number of aliphatic hydroxyl groups is 1. The van der Waals surface area contributed by atoms with Gasteiger partial charge in [-0.15, -0.1) is 0 Å². The number of aliphatic hydroxyl groups excluding tert-OH is 1. The number of thioether (sulfide) groups is 1. The van der Waals surface area contributed by atoms with Crippen LogP contribution in [0.25, 0.3) is 17.2 Å². The van der Waals surface area contributed by atoms with Crippen LogP contribution >= 0.6 is 24.0 Å². The third-order valence-electron chi connectivity index (χ3n) is 7.68. The summed E-state index contributed by atoms with van der Waals surface area (Å²) in [4.78, 5) is 31.9. The molecule has 2 heterocycles. The van der Waals surface area contributed by atoms with E-state index in [1.807, 2.05) is 0 Å². The van der Waals surface area contributed by atoms with Gasteiger partial charge in [0.05, 0.1) is 34.8 Å². The smallest absolute Gasteiger partial charge is 0.416 e. The van der Waals surface area contributed by atoms with Crippen LogP contribution < -0.4 is 9.47 Å². The van der Waals surface area contributed by atoms with Crippen molar-refractivity contribution in [2.45, 2.75) is 18.5 Å². The molecule has 52 heavy (non-hydrogen) atoms. The average molecular weight is 773 g/mol. The summed E-state index contributed by atoms with van der Waals surface area (Å²) in [5, 5.41) is 20.1. The predicted octanol–water partition coefficient (Wildman–Crippen LogP) is 6.37. The second-order valence-corrected chi connectivity index (χ2v) is 13.1. The first kappa shape index (κ1) is 39.0. The molecule has 3 aromatic rings. The number of amides is 1. The first-order valence-electron chi connectivity index (χ1n) is 15.5. The van der Waals surface area contributed by atoms with E-state index in [2.05, 4.69) is 4.90 Å². The van der Waals surface area contributed by atoms with Crippen LogP contribution in [0.4, 0.5) is 26.3 Å². The summed E-state index contributed by atoms with van der Waals surface area (Å²) in [6, 6.07) is 10.8. The van der Waals surface area contributed by atoms with Gasteiger partial charge in [0.2, 0.25) is 0 Å². The summed E-state index contributed by atoms with van der Waals surface area (Å²) in [6.07, 6.45) is -10.0. The van der Waals surface area contributed by atoms with Crippen molar-refractivity contribution in [3.8, 4) is 22.6 Å². The molecule has 1 atom stereocenters. The van der Waals surface area contributed by atoms with E-state index in [1.54, 1.807) is 0 Å². The minimum atomic E-state index is -5.05. The molecule has 2 N–H and O–H groups in total. The summed E-state index contributed by atoms with van der Waals surface area (Å²) in [6.45, 7) is 2.42. The average Bonchev–Trinajstić information content (AvgIpc) is 3.37. The van der Waals surface area contributed by atoms with Gasteiger partial charge < -0.3 is 24.4 Å². The first-order valence-corrected chi connectivity index (χ1v) is 16.7. The van der Waals surface area contributed by atoms with Gasteiger partial charge in [-0.3, -0.25) is 14.5 Å². The van der Waals surface area contributed by atoms with Gasteiger partial charge in [-0.05, 0) is 84.0 Å². The molecule has 0 aromatic heterocycles. The van der Waals surface area contributed by atoms with Crippen LogP contribution in [0.5, 0.6) is 11.5 Å². The van der Waals surface area contributed by atoms with Crippen LogP contribution in [0.15, 0.2) is 65.6 Å². The second kappa shape index (κ2) is 16.6. The summed E-state index contributed by atoms with van der Waals surface area (Å²) in [5.41, 5.74) is -3.10. The molecular formula is C34H30F6N2O8S2. The molecule has 0 bridgehead atoms. The molecule has 0 saturated carbocycles. The van der Waals surface area contributed by atoms with E-state index in [-0.39, 0.29) is 62.3 Å². The second-order valence-electron chi connectivity index (χ2n) is 11.4. The lowest BCUT2D eigenvalue weighted by Crippen LogP contribution is -2.38. The van der Waals surface area contributed by atoms with E-state index >= 15 is 0 Å². The number of alkyl halides is 6. The van der Waals surface area contributed by atoms with E-state index in [0.717, 1.165) is 16.8 Å². The summed E-state index contributed by atoms with van der Waals surface area (Å²) >= 11 is 6.11. The lowest BCUT2D eigenvalue weighted by molar-refractivity contribution is -0.163. The number of halogens is 6. The number of carboxylic acid groups (broad SMARTS) is 1. The minimum absolute atomic E-state index is 0.00386. The number of thiocarbonyl (C=S) groups is 1. The zero-order valence-corrected chi connectivity index (χ0v) is 28.5. The number of rotatable bonds is 13. The Bertz CT molecular complexity index is 1780. The number of hydrogen-bond acceptors (Lipinski definition) is 10. The zero-order chi connectivity index (χ0) is 37.6. The largest absolute Gasteiger partial charge is 0.492 e. The third kappa shape index (κ3) is 10.2. The molecule has 2 saturated heterocycles. The molecule has 10 nitrogen and oxygen atoms in total. The van der Waals surface area contributed by atoms with E-state index in [9.17, 15) is 41.0 Å². The van der Waals surface area contributed by atoms with Crippen molar-refractivity contribution in [1.29, 1.82) is 0 Å². The SMILES string of the molecule is O=C(O)c1ccc(OC[C@@H](O)CON2C(=O)C(=Cc3cc(-c4cc(C(F)(F)F)cc(C(F)(F)F)c4)ccc3OCCN3CCOCC3)SC2=S)cc1. The Hall–Kier alpha value is -4.20. The van der Waals surface area contributed by atoms with Gasteiger partial charge in [0.15, 0.2) is 4.32 Å². The number of hydrogen-bond donors (Lipinski definition) is 2. The highest BCUT2D eigenvalue weighted by molar-refractivity contribution is 8.26. The van der Waals surface area contributed by atoms with E-state index in [1.165, 1.54) is 48.5 Å². The Morgan fingerprint density at radius 1 is 0.923 bits per heavy atom. The molecule has 278 valence electrons. The highest BCUT2D eigenvalue weighted by atomic mass is 32.2. The number of aromatic carboxylic acids is 1. The standard InChI is InChI=1S/C34H30F6N2O8S2/c35-33(36,37)24-14-22(15-25(17-24)34(38,39)40)21-3-6-28(48-12-9-41-7-10-47-11-8-41)23(13-21)16-29-30(44)42(32(51)52-29)50-19-26(43)18-49-27-4-1-20(2-5-27)31(45)46/h1-6,13-17,26,43H,7-12,18-19H2,(H,45,46)/t26-/m1/s1. The van der Waals surface area contributed by atoms with Crippen LogP contribution in [0.3, 0.4) is 0 Å². The fourth-order valence-corrected chi connectivity index (χ4v) is 6.17. The number of morpholine rings is 1. The van der Waals surface area contributed by atoms with E-state index in [0.29, 0.717) is 45.0 Å². The number of carbonyl (C=O) groups is 2. The Morgan fingerprint density at radius 3 is 2.19 bits per heavy atom. The molecule has 2 aliphatic rings. The highest BCUT2D eigenvalue weighted by Crippen LogP contribution is 2.40.